The highest BCUT2D eigenvalue weighted by Crippen LogP contribution is 2.35. The van der Waals surface area contributed by atoms with Crippen LogP contribution in [0.1, 0.15) is 29.4 Å². The smallest absolute Gasteiger partial charge is 0.261 e. The average Bonchev–Trinajstić information content (AvgIpc) is 3.23. The second-order valence-corrected chi connectivity index (χ2v) is 9.66. The van der Waals surface area contributed by atoms with Crippen LogP contribution in [0, 0.1) is 5.92 Å². The van der Waals surface area contributed by atoms with E-state index in [0.717, 1.165) is 13.4 Å². The number of fused-ring (bicyclic) bond motifs is 3. The summed E-state index contributed by atoms with van der Waals surface area (Å²) < 4.78 is 2.14. The minimum Gasteiger partial charge on any atom is -0.347 e. The Hall–Kier alpha value is -0.890. The summed E-state index contributed by atoms with van der Waals surface area (Å²) in [6.07, 6.45) is 4.23. The lowest BCUT2D eigenvalue weighted by atomic mass is 9.79. The predicted molar refractivity (Wildman–Crippen MR) is 95.6 cm³/mol. The van der Waals surface area contributed by atoms with E-state index in [2.05, 4.69) is 22.1 Å². The van der Waals surface area contributed by atoms with Crippen molar-refractivity contribution in [2.24, 2.45) is 5.92 Å². The fourth-order valence-electron chi connectivity index (χ4n) is 3.61. The molecule has 1 N–H and O–H groups in total. The first kappa shape index (κ1) is 15.6. The molecule has 0 radical (unpaired) electrons. The average molecular weight is 366 g/mol. The van der Waals surface area contributed by atoms with Crippen molar-refractivity contribution in [3.8, 4) is 0 Å². The Labute approximate surface area is 148 Å². The van der Waals surface area contributed by atoms with E-state index in [1.807, 2.05) is 23.7 Å². The summed E-state index contributed by atoms with van der Waals surface area (Å²) in [4.78, 5) is 20.2. The van der Waals surface area contributed by atoms with Crippen molar-refractivity contribution in [1.82, 2.24) is 15.2 Å². The summed E-state index contributed by atoms with van der Waals surface area (Å²) in [5.41, 5.74) is 0. The van der Waals surface area contributed by atoms with E-state index >= 15 is 0 Å². The van der Waals surface area contributed by atoms with Gasteiger partial charge >= 0.3 is 0 Å². The molecule has 23 heavy (non-hydrogen) atoms. The normalized spacial score (nSPS) is 29.6. The quantitative estimate of drug-likeness (QED) is 0.900. The number of hydrogen-bond acceptors (Lipinski definition) is 6. The minimum atomic E-state index is 0.0755. The van der Waals surface area contributed by atoms with Gasteiger partial charge < -0.3 is 5.32 Å². The topological polar surface area (TPSA) is 45.2 Å². The number of amides is 1. The zero-order valence-corrected chi connectivity index (χ0v) is 15.3. The molecule has 3 saturated heterocycles. The van der Waals surface area contributed by atoms with Gasteiger partial charge in [0.05, 0.1) is 9.09 Å². The number of hydrogen-bond donors (Lipinski definition) is 1. The zero-order chi connectivity index (χ0) is 15.8. The number of aromatic nitrogens is 1. The molecule has 2 aromatic rings. The molecule has 5 heterocycles. The van der Waals surface area contributed by atoms with E-state index in [4.69, 9.17) is 0 Å². The Balaban J connectivity index is 1.42. The van der Waals surface area contributed by atoms with Crippen LogP contribution in [-0.4, -0.2) is 41.0 Å². The molecule has 7 heteroatoms. The van der Waals surface area contributed by atoms with Gasteiger partial charge in [-0.25, -0.2) is 4.98 Å². The van der Waals surface area contributed by atoms with Crippen molar-refractivity contribution in [1.29, 1.82) is 0 Å². The fourth-order valence-corrected chi connectivity index (χ4v) is 6.49. The summed E-state index contributed by atoms with van der Waals surface area (Å²) in [5, 5.41) is 5.27. The summed E-state index contributed by atoms with van der Waals surface area (Å²) >= 11 is 4.81. The molecule has 0 unspecified atom stereocenters. The van der Waals surface area contributed by atoms with Crippen LogP contribution < -0.4 is 5.32 Å². The molecule has 2 atom stereocenters. The van der Waals surface area contributed by atoms with Gasteiger partial charge in [0.15, 0.2) is 4.34 Å². The van der Waals surface area contributed by atoms with E-state index < -0.39 is 0 Å². The Morgan fingerprint density at radius 3 is 2.91 bits per heavy atom. The molecule has 1 amide bonds. The summed E-state index contributed by atoms with van der Waals surface area (Å²) in [7, 11) is 0. The van der Waals surface area contributed by atoms with Crippen LogP contribution in [0.5, 0.6) is 0 Å². The molecular weight excluding hydrogens is 346 g/mol. The molecule has 5 rings (SSSR count). The van der Waals surface area contributed by atoms with Gasteiger partial charge in [-0.2, -0.15) is 0 Å². The molecule has 0 spiro atoms. The Morgan fingerprint density at radius 1 is 1.39 bits per heavy atom. The zero-order valence-electron chi connectivity index (χ0n) is 12.9. The number of rotatable bonds is 4. The summed E-state index contributed by atoms with van der Waals surface area (Å²) in [5.74, 6) is 0.717. The van der Waals surface area contributed by atoms with Crippen molar-refractivity contribution >= 4 is 40.3 Å². The van der Waals surface area contributed by atoms with Crippen LogP contribution >= 0.6 is 34.4 Å². The molecule has 0 aliphatic carbocycles. The molecule has 0 saturated carbocycles. The van der Waals surface area contributed by atoms with Crippen molar-refractivity contribution in [3.63, 3.8) is 0 Å². The van der Waals surface area contributed by atoms with E-state index in [9.17, 15) is 4.79 Å². The monoisotopic (exact) mass is 365 g/mol. The van der Waals surface area contributed by atoms with Gasteiger partial charge in [-0.15, -0.1) is 22.7 Å². The SMILES string of the molecule is C[C@H]1[C@H](NC(=O)c2ccc(Sc3nccs3)s2)C2CCN1CC2. The van der Waals surface area contributed by atoms with Crippen molar-refractivity contribution in [3.05, 3.63) is 28.6 Å². The van der Waals surface area contributed by atoms with Gasteiger partial charge in [0.1, 0.15) is 0 Å². The van der Waals surface area contributed by atoms with Crippen molar-refractivity contribution in [2.75, 3.05) is 13.1 Å². The predicted octanol–water partition coefficient (Wildman–Crippen LogP) is 3.57. The van der Waals surface area contributed by atoms with E-state index in [1.165, 1.54) is 25.9 Å². The highest BCUT2D eigenvalue weighted by atomic mass is 32.2. The molecular formula is C16H19N3OS3. The Bertz CT molecular complexity index is 675. The second kappa shape index (κ2) is 6.55. The number of piperidine rings is 3. The molecule has 2 aromatic heterocycles. The minimum absolute atomic E-state index is 0.0755. The van der Waals surface area contributed by atoms with Crippen LogP contribution in [0.15, 0.2) is 32.3 Å². The molecule has 3 aliphatic heterocycles. The lowest BCUT2D eigenvalue weighted by molar-refractivity contribution is 0.0218. The third kappa shape index (κ3) is 3.20. The third-order valence-electron chi connectivity index (χ3n) is 4.88. The summed E-state index contributed by atoms with van der Waals surface area (Å²) in [6, 6.07) is 4.70. The van der Waals surface area contributed by atoms with Gasteiger partial charge in [0, 0.05) is 23.7 Å². The second-order valence-electron chi connectivity index (χ2n) is 6.13. The maximum Gasteiger partial charge on any atom is 0.261 e. The number of thiophene rings is 1. The third-order valence-corrected chi connectivity index (χ3v) is 7.98. The number of nitrogens with one attached hydrogen (secondary N) is 1. The van der Waals surface area contributed by atoms with E-state index in [1.54, 1.807) is 34.4 Å². The van der Waals surface area contributed by atoms with Crippen molar-refractivity contribution < 1.29 is 4.79 Å². The van der Waals surface area contributed by atoms with Crippen LogP contribution in [0.2, 0.25) is 0 Å². The van der Waals surface area contributed by atoms with Crippen LogP contribution in [0.25, 0.3) is 0 Å². The molecule has 2 bridgehead atoms. The molecule has 3 fully saturated rings. The number of thiazole rings is 1. The van der Waals surface area contributed by atoms with Crippen molar-refractivity contribution in [2.45, 2.75) is 40.4 Å². The lowest BCUT2D eigenvalue weighted by Gasteiger charge is -2.49. The largest absolute Gasteiger partial charge is 0.347 e. The molecule has 122 valence electrons. The standard InChI is InChI=1S/C16H19N3OS3/c1-10-14(11-4-7-19(10)8-5-11)18-15(20)12-2-3-13(22-12)23-16-17-6-9-21-16/h2-3,6,9-11,14H,4-5,7-8H2,1H3,(H,18,20)/t10-,14-/m0/s1. The van der Waals surface area contributed by atoms with Gasteiger partial charge in [0.2, 0.25) is 0 Å². The molecule has 4 nitrogen and oxygen atoms in total. The first-order chi connectivity index (χ1) is 11.2. The fraction of sp³-hybridized carbons (Fsp3) is 0.500. The maximum atomic E-state index is 12.6. The van der Waals surface area contributed by atoms with Gasteiger partial charge in [-0.1, -0.05) is 0 Å². The maximum absolute atomic E-state index is 12.6. The van der Waals surface area contributed by atoms with Gasteiger partial charge in [-0.05, 0) is 62.7 Å². The first-order valence-corrected chi connectivity index (χ1v) is 10.4. The number of carbonyl (C=O) groups excluding carboxylic acids is 1. The van der Waals surface area contributed by atoms with Gasteiger partial charge in [-0.3, -0.25) is 9.69 Å². The highest BCUT2D eigenvalue weighted by Gasteiger charge is 2.40. The van der Waals surface area contributed by atoms with E-state index in [-0.39, 0.29) is 5.91 Å². The van der Waals surface area contributed by atoms with E-state index in [0.29, 0.717) is 18.0 Å². The van der Waals surface area contributed by atoms with Crippen LogP contribution in [0.4, 0.5) is 0 Å². The highest BCUT2D eigenvalue weighted by molar-refractivity contribution is 8.02. The first-order valence-electron chi connectivity index (χ1n) is 7.93. The Kier molecular flexibility index (Phi) is 4.45. The lowest BCUT2D eigenvalue weighted by Crippen LogP contribution is -2.62. The summed E-state index contributed by atoms with van der Waals surface area (Å²) in [6.45, 7) is 4.62. The number of carbonyl (C=O) groups is 1. The van der Waals surface area contributed by atoms with Gasteiger partial charge in [0.25, 0.3) is 5.91 Å². The Morgan fingerprint density at radius 2 is 2.22 bits per heavy atom. The number of nitrogens with zero attached hydrogens (tertiary/aromatic N) is 2. The molecule has 0 aromatic carbocycles. The van der Waals surface area contributed by atoms with Crippen LogP contribution in [-0.2, 0) is 0 Å². The van der Waals surface area contributed by atoms with Crippen LogP contribution in [0.3, 0.4) is 0 Å². The molecule has 3 aliphatic rings.